The lowest BCUT2D eigenvalue weighted by molar-refractivity contribution is -0.386. The fourth-order valence-electron chi connectivity index (χ4n) is 2.11. The molecule has 0 atom stereocenters. The van der Waals surface area contributed by atoms with Gasteiger partial charge in [-0.1, -0.05) is 0 Å². The van der Waals surface area contributed by atoms with Gasteiger partial charge in [0.25, 0.3) is 5.69 Å². The molecule has 0 spiro atoms. The van der Waals surface area contributed by atoms with Crippen molar-refractivity contribution in [3.8, 4) is 0 Å². The summed E-state index contributed by atoms with van der Waals surface area (Å²) in [6.07, 6.45) is 1.11. The first-order chi connectivity index (χ1) is 12.3. The van der Waals surface area contributed by atoms with Crippen molar-refractivity contribution in [3.63, 3.8) is 0 Å². The van der Waals surface area contributed by atoms with Crippen LogP contribution in [0.3, 0.4) is 0 Å². The van der Waals surface area contributed by atoms with Crippen LogP contribution in [0.4, 0.5) is 5.69 Å². The number of carbonyl (C=O) groups excluding carboxylic acids is 3. The molecule has 0 radical (unpaired) electrons. The van der Waals surface area contributed by atoms with E-state index in [1.165, 1.54) is 20.8 Å². The fraction of sp³-hybridized carbons (Fsp3) is 0.467. The van der Waals surface area contributed by atoms with E-state index in [9.17, 15) is 24.5 Å². The Balaban J connectivity index is 3.88. The molecule has 0 amide bonds. The maximum atomic E-state index is 12.7. The number of pyridine rings is 1. The minimum Gasteiger partial charge on any atom is -0.464 e. The number of aromatic nitrogens is 1. The second-order valence-corrected chi connectivity index (χ2v) is 5.61. The molecule has 11 heteroatoms. The number of halogens is 1. The molecule has 0 unspecified atom stereocenters. The predicted molar refractivity (Wildman–Crippen MR) is 90.2 cm³/mol. The first kappa shape index (κ1) is 21.5. The summed E-state index contributed by atoms with van der Waals surface area (Å²) in [4.78, 5) is 52.3. The van der Waals surface area contributed by atoms with Crippen molar-refractivity contribution in [1.29, 1.82) is 0 Å². The van der Waals surface area contributed by atoms with E-state index in [0.717, 1.165) is 12.3 Å². The molecule has 10 nitrogen and oxygen atoms in total. The molecule has 0 saturated heterocycles. The van der Waals surface area contributed by atoms with Crippen molar-refractivity contribution >= 4 is 39.5 Å². The topological polar surface area (TPSA) is 135 Å². The number of hydrogen-bond acceptors (Lipinski definition) is 9. The summed E-state index contributed by atoms with van der Waals surface area (Å²) in [6.45, 7) is 3.77. The molecule has 26 heavy (non-hydrogen) atoms. The zero-order chi connectivity index (χ0) is 19.9. The summed E-state index contributed by atoms with van der Waals surface area (Å²) in [5, 5.41) is 11.5. The third-order valence-electron chi connectivity index (χ3n) is 3.13. The molecule has 0 aliphatic rings. The first-order valence-corrected chi connectivity index (χ1v) is 8.38. The zero-order valence-electron chi connectivity index (χ0n) is 14.3. The number of nitrogens with zero attached hydrogens (tertiary/aromatic N) is 2. The van der Waals surface area contributed by atoms with Gasteiger partial charge in [0.05, 0.1) is 24.7 Å². The monoisotopic (exact) mass is 432 g/mol. The Morgan fingerprint density at radius 1 is 1.08 bits per heavy atom. The minimum absolute atomic E-state index is 0.191. The van der Waals surface area contributed by atoms with E-state index in [0.29, 0.717) is 0 Å². The van der Waals surface area contributed by atoms with Gasteiger partial charge in [-0.15, -0.1) is 0 Å². The number of esters is 3. The lowest BCUT2D eigenvalue weighted by Gasteiger charge is -2.26. The Kier molecular flexibility index (Phi) is 7.62. The lowest BCUT2D eigenvalue weighted by atomic mass is 9.82. The maximum absolute atomic E-state index is 12.7. The van der Waals surface area contributed by atoms with Crippen LogP contribution in [0.5, 0.6) is 0 Å². The molecule has 0 aliphatic heterocycles. The molecule has 0 aliphatic carbocycles. The predicted octanol–water partition coefficient (Wildman–Crippen LogP) is 1.68. The second kappa shape index (κ2) is 9.22. The first-order valence-electron chi connectivity index (χ1n) is 7.59. The molecule has 0 bridgehead atoms. The molecule has 1 heterocycles. The van der Waals surface area contributed by atoms with Crippen LogP contribution < -0.4 is 0 Å². The highest BCUT2D eigenvalue weighted by molar-refractivity contribution is 9.10. The van der Waals surface area contributed by atoms with Crippen LogP contribution in [0.1, 0.15) is 26.5 Å². The Hall–Kier alpha value is -2.56. The number of rotatable bonds is 8. The van der Waals surface area contributed by atoms with Crippen LogP contribution in [-0.4, -0.2) is 47.6 Å². The van der Waals surface area contributed by atoms with Gasteiger partial charge in [0.1, 0.15) is 0 Å². The molecule has 0 aromatic carbocycles. The van der Waals surface area contributed by atoms with E-state index in [1.54, 1.807) is 0 Å². The zero-order valence-corrected chi connectivity index (χ0v) is 15.9. The fourth-order valence-corrected chi connectivity index (χ4v) is 2.43. The molecule has 1 aromatic rings. The Bertz CT molecular complexity index is 676. The highest BCUT2D eigenvalue weighted by Crippen LogP contribution is 2.36. The van der Waals surface area contributed by atoms with Gasteiger partial charge in [0.2, 0.25) is 0 Å². The van der Waals surface area contributed by atoms with Crippen molar-refractivity contribution in [1.82, 2.24) is 4.98 Å². The average molecular weight is 433 g/mol. The van der Waals surface area contributed by atoms with Gasteiger partial charge >= 0.3 is 23.3 Å². The van der Waals surface area contributed by atoms with E-state index in [2.05, 4.69) is 20.9 Å². The molecule has 0 fully saturated rings. The molecule has 142 valence electrons. The number of carbonyl (C=O) groups is 3. The summed E-state index contributed by atoms with van der Waals surface area (Å²) in [5.74, 6) is -4.10. The van der Waals surface area contributed by atoms with Crippen LogP contribution in [0.25, 0.3) is 0 Å². The number of nitro groups is 1. The largest absolute Gasteiger partial charge is 0.464 e. The van der Waals surface area contributed by atoms with Gasteiger partial charge in [0.15, 0.2) is 5.69 Å². The minimum atomic E-state index is -2.87. The molecule has 1 rings (SSSR count). The standard InChI is InChI=1S/C15H17BrN2O8/c1-4-24-12(19)15(13(20)25-5-2,14(21)26-6-3)11-10(18(22)23)7-9(16)8-17-11/h7-8H,4-6H2,1-3H3. The van der Waals surface area contributed by atoms with E-state index in [4.69, 9.17) is 14.2 Å². The van der Waals surface area contributed by atoms with E-state index >= 15 is 0 Å². The Morgan fingerprint density at radius 3 is 1.85 bits per heavy atom. The van der Waals surface area contributed by atoms with Gasteiger partial charge in [-0.2, -0.15) is 0 Å². The smallest absolute Gasteiger partial charge is 0.341 e. The Labute approximate surface area is 157 Å². The van der Waals surface area contributed by atoms with Gasteiger partial charge in [-0.3, -0.25) is 15.1 Å². The number of ether oxygens (including phenoxy) is 3. The van der Waals surface area contributed by atoms with Crippen LogP contribution in [0, 0.1) is 10.1 Å². The number of hydrogen-bond donors (Lipinski definition) is 0. The van der Waals surface area contributed by atoms with Gasteiger partial charge < -0.3 is 14.2 Å². The highest BCUT2D eigenvalue weighted by Gasteiger charge is 2.63. The van der Waals surface area contributed by atoms with Crippen molar-refractivity contribution < 1.29 is 33.5 Å². The Morgan fingerprint density at radius 2 is 1.50 bits per heavy atom. The molecular weight excluding hydrogens is 416 g/mol. The quantitative estimate of drug-likeness (QED) is 0.197. The van der Waals surface area contributed by atoms with Crippen LogP contribution in [0.15, 0.2) is 16.7 Å². The van der Waals surface area contributed by atoms with E-state index in [1.807, 2.05) is 0 Å². The van der Waals surface area contributed by atoms with Gasteiger partial charge in [-0.05, 0) is 36.7 Å². The van der Waals surface area contributed by atoms with E-state index in [-0.39, 0.29) is 24.3 Å². The maximum Gasteiger partial charge on any atom is 0.341 e. The molecule has 0 N–H and O–H groups in total. The van der Waals surface area contributed by atoms with Crippen LogP contribution >= 0.6 is 15.9 Å². The molecule has 1 aromatic heterocycles. The van der Waals surface area contributed by atoms with Crippen molar-refractivity contribution in [2.45, 2.75) is 26.2 Å². The lowest BCUT2D eigenvalue weighted by Crippen LogP contribution is -2.54. The highest BCUT2D eigenvalue weighted by atomic mass is 79.9. The van der Waals surface area contributed by atoms with Crippen molar-refractivity contribution in [3.05, 3.63) is 32.5 Å². The SMILES string of the molecule is CCOC(=O)C(C(=O)OCC)(C(=O)OCC)c1ncc(Br)cc1[N+](=O)[O-]. The third kappa shape index (κ3) is 3.98. The third-order valence-corrected chi connectivity index (χ3v) is 3.56. The van der Waals surface area contributed by atoms with Crippen LogP contribution in [-0.2, 0) is 34.0 Å². The normalized spacial score (nSPS) is 10.8. The van der Waals surface area contributed by atoms with Crippen molar-refractivity contribution in [2.75, 3.05) is 19.8 Å². The summed E-state index contributed by atoms with van der Waals surface area (Å²) in [5.41, 5.74) is -4.35. The van der Waals surface area contributed by atoms with Gasteiger partial charge in [-0.25, -0.2) is 14.4 Å². The summed E-state index contributed by atoms with van der Waals surface area (Å²) in [7, 11) is 0. The summed E-state index contributed by atoms with van der Waals surface area (Å²) in [6, 6.07) is 1.01. The molecular formula is C15H17BrN2O8. The summed E-state index contributed by atoms with van der Waals surface area (Å²) < 4.78 is 14.7. The van der Waals surface area contributed by atoms with Gasteiger partial charge in [0, 0.05) is 16.7 Å². The average Bonchev–Trinajstić information content (AvgIpc) is 2.57. The van der Waals surface area contributed by atoms with Crippen LogP contribution in [0.2, 0.25) is 0 Å². The molecule has 0 saturated carbocycles. The summed E-state index contributed by atoms with van der Waals surface area (Å²) >= 11 is 3.02. The van der Waals surface area contributed by atoms with Crippen molar-refractivity contribution in [2.24, 2.45) is 0 Å². The second-order valence-electron chi connectivity index (χ2n) is 4.69. The van der Waals surface area contributed by atoms with E-state index < -0.39 is 39.6 Å².